The maximum absolute atomic E-state index is 13.1. The third kappa shape index (κ3) is 5.24. The van der Waals surface area contributed by atoms with Crippen LogP contribution < -0.4 is 15.2 Å². The first kappa shape index (κ1) is 23.2. The summed E-state index contributed by atoms with van der Waals surface area (Å²) in [6.45, 7) is 0.881. The Labute approximate surface area is 182 Å². The molecule has 2 aromatic rings. The van der Waals surface area contributed by atoms with Gasteiger partial charge in [0, 0.05) is 19.6 Å². The molecule has 0 atom stereocenters. The third-order valence-electron chi connectivity index (χ3n) is 5.09. The second-order valence-corrected chi connectivity index (χ2v) is 10.6. The molecule has 3 N–H and O–H groups in total. The van der Waals surface area contributed by atoms with Gasteiger partial charge in [-0.15, -0.1) is 0 Å². The number of rotatable bonds is 7. The smallest absolute Gasteiger partial charge is 0.255 e. The van der Waals surface area contributed by atoms with Gasteiger partial charge in [0.05, 0.1) is 22.5 Å². The second-order valence-electron chi connectivity index (χ2n) is 7.16. The lowest BCUT2D eigenvalue weighted by atomic mass is 10.1. The Morgan fingerprint density at radius 3 is 2.39 bits per heavy atom. The molecule has 9 nitrogen and oxygen atoms in total. The molecular formula is C20H25N3O6S2. The molecule has 11 heteroatoms. The normalized spacial score (nSPS) is 15.4. The molecule has 1 heterocycles. The van der Waals surface area contributed by atoms with E-state index in [1.165, 1.54) is 29.6 Å². The quantitative estimate of drug-likeness (QED) is 0.633. The van der Waals surface area contributed by atoms with Gasteiger partial charge in [-0.25, -0.2) is 22.0 Å². The molecule has 1 fully saturated rings. The lowest BCUT2D eigenvalue weighted by Gasteiger charge is -2.26. The Hall–Kier alpha value is -2.47. The summed E-state index contributed by atoms with van der Waals surface area (Å²) in [7, 11) is -6.34. The minimum Gasteiger partial charge on any atom is -0.496 e. The summed E-state index contributed by atoms with van der Waals surface area (Å²) in [5.41, 5.74) is 0.411. The predicted octanol–water partition coefficient (Wildman–Crippen LogP) is 1.45. The number of hydrogen-bond donors (Lipinski definition) is 2. The molecule has 0 radical (unpaired) electrons. The molecule has 1 aliphatic rings. The van der Waals surface area contributed by atoms with Crippen LogP contribution in [0.5, 0.6) is 5.75 Å². The molecule has 1 aliphatic heterocycles. The van der Waals surface area contributed by atoms with Gasteiger partial charge in [-0.1, -0.05) is 24.6 Å². The van der Waals surface area contributed by atoms with Crippen molar-refractivity contribution in [2.45, 2.75) is 35.6 Å². The number of nitrogens with zero attached hydrogens (tertiary/aromatic N) is 1. The van der Waals surface area contributed by atoms with Gasteiger partial charge in [-0.05, 0) is 42.7 Å². The monoisotopic (exact) mass is 467 g/mol. The molecule has 0 aliphatic carbocycles. The van der Waals surface area contributed by atoms with Gasteiger partial charge in [-0.2, -0.15) is 4.31 Å². The molecule has 1 amide bonds. The van der Waals surface area contributed by atoms with E-state index < -0.39 is 26.0 Å². The Morgan fingerprint density at radius 1 is 1.06 bits per heavy atom. The molecule has 2 aromatic carbocycles. The highest BCUT2D eigenvalue weighted by molar-refractivity contribution is 7.89. The van der Waals surface area contributed by atoms with Gasteiger partial charge < -0.3 is 10.1 Å². The first-order valence-electron chi connectivity index (χ1n) is 9.71. The lowest BCUT2D eigenvalue weighted by molar-refractivity contribution is 0.0947. The topological polar surface area (TPSA) is 136 Å². The SMILES string of the molecule is COc1ccc(S(N)(=O)=O)cc1C(=O)NCc1ccccc1S(=O)(=O)N1CCCCC1. The van der Waals surface area contributed by atoms with Crippen molar-refractivity contribution in [1.29, 1.82) is 0 Å². The molecule has 0 aromatic heterocycles. The van der Waals surface area contributed by atoms with Crippen LogP contribution in [0.15, 0.2) is 52.3 Å². The van der Waals surface area contributed by atoms with E-state index in [9.17, 15) is 21.6 Å². The summed E-state index contributed by atoms with van der Waals surface area (Å²) in [4.78, 5) is 12.7. The van der Waals surface area contributed by atoms with E-state index in [-0.39, 0.29) is 27.6 Å². The number of primary sulfonamides is 1. The van der Waals surface area contributed by atoms with Crippen LogP contribution in [-0.2, 0) is 26.6 Å². The van der Waals surface area contributed by atoms with Gasteiger partial charge in [0.1, 0.15) is 5.75 Å². The zero-order chi connectivity index (χ0) is 22.6. The van der Waals surface area contributed by atoms with E-state index in [2.05, 4.69) is 5.32 Å². The molecule has 0 unspecified atom stereocenters. The number of hydrogen-bond acceptors (Lipinski definition) is 6. The fourth-order valence-electron chi connectivity index (χ4n) is 3.46. The number of nitrogens with two attached hydrogens (primary N) is 1. The Kier molecular flexibility index (Phi) is 6.99. The first-order chi connectivity index (χ1) is 14.6. The summed E-state index contributed by atoms with van der Waals surface area (Å²) in [6.07, 6.45) is 2.64. The van der Waals surface area contributed by atoms with E-state index in [4.69, 9.17) is 9.88 Å². The van der Waals surface area contributed by atoms with Crippen molar-refractivity contribution in [2.24, 2.45) is 5.14 Å². The van der Waals surface area contributed by atoms with E-state index in [1.807, 2.05) is 0 Å². The molecule has 0 spiro atoms. The summed E-state index contributed by atoms with van der Waals surface area (Å²) < 4.78 is 56.0. The van der Waals surface area contributed by atoms with Gasteiger partial charge in [-0.3, -0.25) is 4.79 Å². The van der Waals surface area contributed by atoms with Gasteiger partial charge in [0.15, 0.2) is 0 Å². The minimum atomic E-state index is -4.01. The third-order valence-corrected chi connectivity index (χ3v) is 8.00. The Bertz CT molecular complexity index is 1170. The average Bonchev–Trinajstić information content (AvgIpc) is 2.77. The number of methoxy groups -OCH3 is 1. The van der Waals surface area contributed by atoms with Gasteiger partial charge in [0.25, 0.3) is 5.91 Å². The van der Waals surface area contributed by atoms with E-state index in [1.54, 1.807) is 18.2 Å². The van der Waals surface area contributed by atoms with Crippen LogP contribution in [-0.4, -0.2) is 47.2 Å². The number of amides is 1. The molecule has 3 rings (SSSR count). The molecule has 168 valence electrons. The first-order valence-corrected chi connectivity index (χ1v) is 12.7. The zero-order valence-electron chi connectivity index (χ0n) is 17.1. The van der Waals surface area contributed by atoms with Crippen LogP contribution in [0, 0.1) is 0 Å². The fourth-order valence-corrected chi connectivity index (χ4v) is 5.74. The lowest BCUT2D eigenvalue weighted by Crippen LogP contribution is -2.36. The summed E-state index contributed by atoms with van der Waals surface area (Å²) >= 11 is 0. The second kappa shape index (κ2) is 9.35. The number of carbonyl (C=O) groups excluding carboxylic acids is 1. The maximum Gasteiger partial charge on any atom is 0.255 e. The van der Waals surface area contributed by atoms with Crippen molar-refractivity contribution in [3.05, 3.63) is 53.6 Å². The summed E-state index contributed by atoms with van der Waals surface area (Å²) in [6, 6.07) is 10.2. The van der Waals surface area contributed by atoms with Crippen LogP contribution in [0.1, 0.15) is 35.2 Å². The molecular weight excluding hydrogens is 442 g/mol. The van der Waals surface area contributed by atoms with Gasteiger partial charge >= 0.3 is 0 Å². The number of piperidine rings is 1. The van der Waals surface area contributed by atoms with Crippen LogP contribution in [0.2, 0.25) is 0 Å². The van der Waals surface area contributed by atoms with Crippen molar-refractivity contribution >= 4 is 26.0 Å². The highest BCUT2D eigenvalue weighted by Crippen LogP contribution is 2.25. The maximum atomic E-state index is 13.1. The number of sulfonamides is 2. The predicted molar refractivity (Wildman–Crippen MR) is 115 cm³/mol. The van der Waals surface area contributed by atoms with Crippen LogP contribution >= 0.6 is 0 Å². The number of nitrogens with one attached hydrogen (secondary N) is 1. The van der Waals surface area contributed by atoms with E-state index in [0.717, 1.165) is 25.3 Å². The summed E-state index contributed by atoms with van der Waals surface area (Å²) in [5.74, 6) is -0.452. The standard InChI is InChI=1S/C20H25N3O6S2/c1-29-18-10-9-16(30(21,25)26)13-17(18)20(24)22-14-15-7-3-4-8-19(15)31(27,28)23-11-5-2-6-12-23/h3-4,7-10,13H,2,5-6,11-12,14H2,1H3,(H,22,24)(H2,21,25,26). The Morgan fingerprint density at radius 2 is 1.74 bits per heavy atom. The van der Waals surface area contributed by atoms with Crippen molar-refractivity contribution in [2.75, 3.05) is 20.2 Å². The Balaban J connectivity index is 1.85. The van der Waals surface area contributed by atoms with Crippen LogP contribution in [0.3, 0.4) is 0 Å². The van der Waals surface area contributed by atoms with Crippen LogP contribution in [0.4, 0.5) is 0 Å². The highest BCUT2D eigenvalue weighted by Gasteiger charge is 2.28. The van der Waals surface area contributed by atoms with E-state index >= 15 is 0 Å². The fraction of sp³-hybridized carbons (Fsp3) is 0.350. The minimum absolute atomic E-state index is 0.0228. The summed E-state index contributed by atoms with van der Waals surface area (Å²) in [5, 5.41) is 7.80. The van der Waals surface area contributed by atoms with E-state index in [0.29, 0.717) is 18.7 Å². The number of benzene rings is 2. The highest BCUT2D eigenvalue weighted by atomic mass is 32.2. The van der Waals surface area contributed by atoms with Crippen molar-refractivity contribution in [3.63, 3.8) is 0 Å². The van der Waals surface area contributed by atoms with Crippen molar-refractivity contribution in [3.8, 4) is 5.75 Å². The van der Waals surface area contributed by atoms with Crippen molar-refractivity contribution < 1.29 is 26.4 Å². The average molecular weight is 468 g/mol. The number of carbonyl (C=O) groups is 1. The van der Waals surface area contributed by atoms with Crippen molar-refractivity contribution in [1.82, 2.24) is 9.62 Å². The number of ether oxygens (including phenoxy) is 1. The molecule has 31 heavy (non-hydrogen) atoms. The molecule has 0 saturated carbocycles. The van der Waals surface area contributed by atoms with Gasteiger partial charge in [0.2, 0.25) is 20.0 Å². The molecule has 1 saturated heterocycles. The zero-order valence-corrected chi connectivity index (χ0v) is 18.7. The molecule has 0 bridgehead atoms. The largest absolute Gasteiger partial charge is 0.496 e. The van der Waals surface area contributed by atoms with Crippen LogP contribution in [0.25, 0.3) is 0 Å².